The molecule has 2 rings (SSSR count). The average Bonchev–Trinajstić information content (AvgIpc) is 2.81. The van der Waals surface area contributed by atoms with Gasteiger partial charge in [-0.2, -0.15) is 5.10 Å². The molecular weight excluding hydrogens is 288 g/mol. The van der Waals surface area contributed by atoms with Crippen molar-refractivity contribution >= 4 is 18.3 Å². The standard InChI is InChI=1S/C15H20N4O.ClH/c1-11-13(14(20)18-15(2,3)10-16)9-17-19(11)12-7-5-4-6-8-12;/h4-9H,10,16H2,1-3H3,(H,18,20);1H. The Bertz CT molecular complexity index is 607. The second-order valence-corrected chi connectivity index (χ2v) is 5.43. The Morgan fingerprint density at radius 1 is 1.33 bits per heavy atom. The fourth-order valence-corrected chi connectivity index (χ4v) is 1.89. The van der Waals surface area contributed by atoms with Gasteiger partial charge in [0.05, 0.1) is 23.1 Å². The smallest absolute Gasteiger partial charge is 0.255 e. The Hall–Kier alpha value is -1.85. The molecule has 0 aliphatic heterocycles. The van der Waals surface area contributed by atoms with Crippen LogP contribution in [0.1, 0.15) is 29.9 Å². The maximum atomic E-state index is 12.3. The van der Waals surface area contributed by atoms with Gasteiger partial charge in [-0.3, -0.25) is 4.79 Å². The Morgan fingerprint density at radius 2 is 1.95 bits per heavy atom. The first-order chi connectivity index (χ1) is 9.44. The number of benzene rings is 1. The molecule has 0 saturated heterocycles. The third-order valence-corrected chi connectivity index (χ3v) is 3.22. The second-order valence-electron chi connectivity index (χ2n) is 5.43. The molecule has 0 saturated carbocycles. The van der Waals surface area contributed by atoms with Crippen LogP contribution in [0.2, 0.25) is 0 Å². The summed E-state index contributed by atoms with van der Waals surface area (Å²) in [5.41, 5.74) is 7.50. The molecule has 1 aromatic carbocycles. The first kappa shape index (κ1) is 17.2. The first-order valence-corrected chi connectivity index (χ1v) is 6.57. The Labute approximate surface area is 130 Å². The van der Waals surface area contributed by atoms with Gasteiger partial charge in [0.15, 0.2) is 0 Å². The fraction of sp³-hybridized carbons (Fsp3) is 0.333. The van der Waals surface area contributed by atoms with Gasteiger partial charge in [-0.1, -0.05) is 18.2 Å². The number of hydrogen-bond donors (Lipinski definition) is 2. The van der Waals surface area contributed by atoms with E-state index in [1.54, 1.807) is 10.9 Å². The number of carbonyl (C=O) groups excluding carboxylic acids is 1. The van der Waals surface area contributed by atoms with E-state index < -0.39 is 5.54 Å². The number of nitrogens with zero attached hydrogens (tertiary/aromatic N) is 2. The lowest BCUT2D eigenvalue weighted by molar-refractivity contribution is 0.0915. The highest BCUT2D eigenvalue weighted by molar-refractivity contribution is 5.95. The van der Waals surface area contributed by atoms with Gasteiger partial charge >= 0.3 is 0 Å². The topological polar surface area (TPSA) is 72.9 Å². The Balaban J connectivity index is 0.00000220. The van der Waals surface area contributed by atoms with Crippen LogP contribution in [-0.2, 0) is 0 Å². The van der Waals surface area contributed by atoms with Crippen LogP contribution in [-0.4, -0.2) is 27.8 Å². The lowest BCUT2D eigenvalue weighted by Crippen LogP contribution is -2.48. The zero-order valence-electron chi connectivity index (χ0n) is 12.5. The number of hydrogen-bond acceptors (Lipinski definition) is 3. The molecule has 1 aromatic heterocycles. The Morgan fingerprint density at radius 3 is 2.52 bits per heavy atom. The molecule has 6 heteroatoms. The van der Waals surface area contributed by atoms with Gasteiger partial charge < -0.3 is 11.1 Å². The molecule has 0 bridgehead atoms. The predicted octanol–water partition coefficient (Wildman–Crippen LogP) is 2.07. The molecule has 0 aliphatic carbocycles. The van der Waals surface area contributed by atoms with Crippen LogP contribution in [0, 0.1) is 6.92 Å². The first-order valence-electron chi connectivity index (χ1n) is 6.57. The van der Waals surface area contributed by atoms with Gasteiger partial charge in [0.25, 0.3) is 5.91 Å². The van der Waals surface area contributed by atoms with Crippen molar-refractivity contribution in [3.05, 3.63) is 47.8 Å². The molecule has 0 fully saturated rings. The van der Waals surface area contributed by atoms with Crippen molar-refractivity contribution in [1.29, 1.82) is 0 Å². The third-order valence-electron chi connectivity index (χ3n) is 3.22. The van der Waals surface area contributed by atoms with Crippen LogP contribution in [0.25, 0.3) is 5.69 Å². The zero-order valence-corrected chi connectivity index (χ0v) is 13.3. The third kappa shape index (κ3) is 3.83. The van der Waals surface area contributed by atoms with Gasteiger partial charge in [-0.15, -0.1) is 12.4 Å². The van der Waals surface area contributed by atoms with Crippen LogP contribution in [0.15, 0.2) is 36.5 Å². The molecule has 1 heterocycles. The number of para-hydroxylation sites is 1. The number of amides is 1. The quantitative estimate of drug-likeness (QED) is 0.908. The van der Waals surface area contributed by atoms with E-state index in [-0.39, 0.29) is 18.3 Å². The molecule has 0 radical (unpaired) electrons. The number of rotatable bonds is 4. The predicted molar refractivity (Wildman–Crippen MR) is 86.1 cm³/mol. The second kappa shape index (κ2) is 6.74. The van der Waals surface area contributed by atoms with Crippen molar-refractivity contribution < 1.29 is 4.79 Å². The number of nitrogens with one attached hydrogen (secondary N) is 1. The maximum Gasteiger partial charge on any atom is 0.255 e. The van der Waals surface area contributed by atoms with E-state index in [9.17, 15) is 4.79 Å². The van der Waals surface area contributed by atoms with Gasteiger partial charge in [0, 0.05) is 12.1 Å². The molecular formula is C15H21ClN4O. The molecule has 5 nitrogen and oxygen atoms in total. The summed E-state index contributed by atoms with van der Waals surface area (Å²) in [6.45, 7) is 6.04. The van der Waals surface area contributed by atoms with Crippen LogP contribution in [0.4, 0.5) is 0 Å². The lowest BCUT2D eigenvalue weighted by atomic mass is 10.1. The van der Waals surface area contributed by atoms with E-state index in [1.165, 1.54) is 0 Å². The van der Waals surface area contributed by atoms with E-state index in [2.05, 4.69) is 10.4 Å². The van der Waals surface area contributed by atoms with E-state index in [1.807, 2.05) is 51.1 Å². The van der Waals surface area contributed by atoms with Gasteiger partial charge in [-0.05, 0) is 32.9 Å². The summed E-state index contributed by atoms with van der Waals surface area (Å²) in [7, 11) is 0. The molecule has 2 aromatic rings. The van der Waals surface area contributed by atoms with E-state index >= 15 is 0 Å². The molecule has 1 amide bonds. The highest BCUT2D eigenvalue weighted by atomic mass is 35.5. The summed E-state index contributed by atoms with van der Waals surface area (Å²) >= 11 is 0. The molecule has 0 atom stereocenters. The van der Waals surface area contributed by atoms with Crippen molar-refractivity contribution in [2.45, 2.75) is 26.3 Å². The molecule has 0 aliphatic rings. The number of halogens is 1. The van der Waals surface area contributed by atoms with Crippen molar-refractivity contribution in [1.82, 2.24) is 15.1 Å². The molecule has 0 spiro atoms. The summed E-state index contributed by atoms with van der Waals surface area (Å²) in [5.74, 6) is -0.153. The van der Waals surface area contributed by atoms with Gasteiger partial charge in [0.2, 0.25) is 0 Å². The molecule has 3 N–H and O–H groups in total. The normalized spacial score (nSPS) is 10.9. The number of carbonyl (C=O) groups is 1. The highest BCUT2D eigenvalue weighted by Crippen LogP contribution is 2.14. The van der Waals surface area contributed by atoms with Crippen LogP contribution < -0.4 is 11.1 Å². The van der Waals surface area contributed by atoms with E-state index in [0.29, 0.717) is 12.1 Å². The monoisotopic (exact) mass is 308 g/mol. The van der Waals surface area contributed by atoms with E-state index in [4.69, 9.17) is 5.73 Å². The summed E-state index contributed by atoms with van der Waals surface area (Å²) in [6.07, 6.45) is 1.59. The summed E-state index contributed by atoms with van der Waals surface area (Å²) < 4.78 is 1.75. The van der Waals surface area contributed by atoms with Crippen LogP contribution in [0.3, 0.4) is 0 Å². The minimum atomic E-state index is -0.432. The summed E-state index contributed by atoms with van der Waals surface area (Å²) in [6, 6.07) is 9.72. The molecule has 0 unspecified atom stereocenters. The largest absolute Gasteiger partial charge is 0.346 e. The minimum Gasteiger partial charge on any atom is -0.346 e. The highest BCUT2D eigenvalue weighted by Gasteiger charge is 2.22. The van der Waals surface area contributed by atoms with Crippen LogP contribution >= 0.6 is 12.4 Å². The zero-order chi connectivity index (χ0) is 14.8. The lowest BCUT2D eigenvalue weighted by Gasteiger charge is -2.24. The fourth-order valence-electron chi connectivity index (χ4n) is 1.89. The van der Waals surface area contributed by atoms with Gasteiger partial charge in [0.1, 0.15) is 0 Å². The summed E-state index contributed by atoms with van der Waals surface area (Å²) in [5, 5.41) is 7.20. The van der Waals surface area contributed by atoms with Crippen molar-refractivity contribution in [2.75, 3.05) is 6.54 Å². The van der Waals surface area contributed by atoms with Crippen LogP contribution in [0.5, 0.6) is 0 Å². The summed E-state index contributed by atoms with van der Waals surface area (Å²) in [4.78, 5) is 12.3. The van der Waals surface area contributed by atoms with Crippen molar-refractivity contribution in [3.8, 4) is 5.69 Å². The molecule has 114 valence electrons. The van der Waals surface area contributed by atoms with Gasteiger partial charge in [-0.25, -0.2) is 4.68 Å². The minimum absolute atomic E-state index is 0. The average molecular weight is 309 g/mol. The van der Waals surface area contributed by atoms with Crippen molar-refractivity contribution in [3.63, 3.8) is 0 Å². The number of aromatic nitrogens is 2. The maximum absolute atomic E-state index is 12.3. The SMILES string of the molecule is Cc1c(C(=O)NC(C)(C)CN)cnn1-c1ccccc1.Cl. The Kier molecular flexibility index (Phi) is 5.52. The van der Waals surface area contributed by atoms with Crippen molar-refractivity contribution in [2.24, 2.45) is 5.73 Å². The van der Waals surface area contributed by atoms with E-state index in [0.717, 1.165) is 11.4 Å². The molecule has 21 heavy (non-hydrogen) atoms. The number of nitrogens with two attached hydrogens (primary N) is 1.